The van der Waals surface area contributed by atoms with Gasteiger partial charge < -0.3 is 9.47 Å². The number of benzene rings is 1. The van der Waals surface area contributed by atoms with E-state index in [0.717, 1.165) is 37.5 Å². The third kappa shape index (κ3) is 14.1. The minimum Gasteiger partial charge on any atom is -0.350 e. The molecule has 5 heteroatoms. The SMILES string of the molecule is CCCCCCCCCOC(OCCCCCCCC/C=C\CC1=C(CCCCC)C(CCCCC)C1CC)C(C)(C)N1C(=O)c2ccccc2C1=O. The van der Waals surface area contributed by atoms with E-state index in [-0.39, 0.29) is 11.8 Å². The van der Waals surface area contributed by atoms with E-state index in [2.05, 4.69) is 39.8 Å². The summed E-state index contributed by atoms with van der Waals surface area (Å²) in [5.41, 5.74) is 3.63. The van der Waals surface area contributed by atoms with Crippen LogP contribution in [0.5, 0.6) is 0 Å². The quantitative estimate of drug-likeness (QED) is 0.0320. The Morgan fingerprint density at radius 1 is 0.623 bits per heavy atom. The number of hydrogen-bond acceptors (Lipinski definition) is 4. The second-order valence-corrected chi connectivity index (χ2v) is 16.5. The summed E-state index contributed by atoms with van der Waals surface area (Å²) in [4.78, 5) is 28.1. The van der Waals surface area contributed by atoms with Gasteiger partial charge in [-0.05, 0) is 95.6 Å². The number of unbranched alkanes of at least 4 members (excludes halogenated alkanes) is 16. The molecular formula is C48H79NO4. The molecule has 0 saturated heterocycles. The lowest BCUT2D eigenvalue weighted by Crippen LogP contribution is -2.56. The van der Waals surface area contributed by atoms with Crippen molar-refractivity contribution in [3.63, 3.8) is 0 Å². The fraction of sp³-hybridized carbons (Fsp3) is 0.750. The van der Waals surface area contributed by atoms with Crippen LogP contribution in [0.1, 0.15) is 216 Å². The molecule has 1 aromatic carbocycles. The van der Waals surface area contributed by atoms with Gasteiger partial charge in [0.25, 0.3) is 11.8 Å². The van der Waals surface area contributed by atoms with E-state index in [9.17, 15) is 9.59 Å². The van der Waals surface area contributed by atoms with Crippen molar-refractivity contribution < 1.29 is 19.1 Å². The van der Waals surface area contributed by atoms with Crippen LogP contribution in [0.4, 0.5) is 0 Å². The molecular weight excluding hydrogens is 655 g/mol. The third-order valence-electron chi connectivity index (χ3n) is 11.9. The summed E-state index contributed by atoms with van der Waals surface area (Å²) in [6.45, 7) is 14.2. The van der Waals surface area contributed by atoms with E-state index in [1.54, 1.807) is 17.7 Å². The standard InChI is InChI=1S/C48H79NO4/c1-7-11-14-15-20-23-30-37-52-47(48(5,6)49-45(50)43-35-28-29-36-44(43)46(49)51)53-38-31-24-21-18-16-17-19-22-27-34-41-39(10-4)40(32-25-12-8-2)42(41)33-26-13-9-3/h22,27-29,35-36,39-40,47H,7-21,23-26,30-34,37-38H2,1-6H3/b27-22-. The summed E-state index contributed by atoms with van der Waals surface area (Å²) < 4.78 is 12.7. The molecule has 0 saturated carbocycles. The predicted molar refractivity (Wildman–Crippen MR) is 223 cm³/mol. The lowest BCUT2D eigenvalue weighted by molar-refractivity contribution is -0.195. The van der Waals surface area contributed by atoms with Crippen LogP contribution in [0.3, 0.4) is 0 Å². The monoisotopic (exact) mass is 734 g/mol. The summed E-state index contributed by atoms with van der Waals surface area (Å²) in [7, 11) is 0. The Labute approximate surface area is 326 Å². The maximum atomic E-state index is 13.4. The van der Waals surface area contributed by atoms with Crippen molar-refractivity contribution in [3.05, 3.63) is 58.7 Å². The maximum absolute atomic E-state index is 13.4. The number of allylic oxidation sites excluding steroid dienone is 4. The van der Waals surface area contributed by atoms with Gasteiger partial charge in [-0.25, -0.2) is 0 Å². The summed E-state index contributed by atoms with van der Waals surface area (Å²) in [5.74, 6) is 1.18. The zero-order chi connectivity index (χ0) is 38.3. The first kappa shape index (κ1) is 45.2. The Morgan fingerprint density at radius 3 is 1.70 bits per heavy atom. The minimum atomic E-state index is -0.929. The molecule has 1 aliphatic carbocycles. The van der Waals surface area contributed by atoms with Gasteiger partial charge in [0, 0.05) is 13.2 Å². The van der Waals surface area contributed by atoms with Crippen LogP contribution in [0.25, 0.3) is 0 Å². The molecule has 3 rings (SSSR count). The molecule has 300 valence electrons. The number of carbonyl (C=O) groups is 2. The zero-order valence-electron chi connectivity index (χ0n) is 35.2. The van der Waals surface area contributed by atoms with Crippen molar-refractivity contribution in [2.45, 2.75) is 207 Å². The Hall–Kier alpha value is -2.24. The van der Waals surface area contributed by atoms with Crippen molar-refractivity contribution in [2.75, 3.05) is 13.2 Å². The van der Waals surface area contributed by atoms with Gasteiger partial charge in [-0.3, -0.25) is 14.5 Å². The summed E-state index contributed by atoms with van der Waals surface area (Å²) in [5, 5.41) is 0. The zero-order valence-corrected chi connectivity index (χ0v) is 35.2. The highest BCUT2D eigenvalue weighted by atomic mass is 16.7. The molecule has 0 fully saturated rings. The fourth-order valence-corrected chi connectivity index (χ4v) is 8.69. The van der Waals surface area contributed by atoms with Crippen LogP contribution >= 0.6 is 0 Å². The Kier molecular flexibility index (Phi) is 22.0. The van der Waals surface area contributed by atoms with Crippen LogP contribution in [-0.4, -0.2) is 41.8 Å². The molecule has 2 aliphatic rings. The second kappa shape index (κ2) is 25.8. The molecule has 3 atom stereocenters. The van der Waals surface area contributed by atoms with Gasteiger partial charge in [0.15, 0.2) is 6.29 Å². The number of carbonyl (C=O) groups excluding carboxylic acids is 2. The largest absolute Gasteiger partial charge is 0.350 e. The van der Waals surface area contributed by atoms with E-state index in [4.69, 9.17) is 9.47 Å². The molecule has 1 heterocycles. The number of amides is 2. The van der Waals surface area contributed by atoms with Gasteiger partial charge in [0.05, 0.1) is 16.7 Å². The first-order valence-corrected chi connectivity index (χ1v) is 22.4. The molecule has 0 radical (unpaired) electrons. The Bertz CT molecular complexity index is 1210. The van der Waals surface area contributed by atoms with Gasteiger partial charge >= 0.3 is 0 Å². The van der Waals surface area contributed by atoms with Crippen molar-refractivity contribution in [1.82, 2.24) is 4.90 Å². The number of imide groups is 1. The number of nitrogens with zero attached hydrogens (tertiary/aromatic N) is 1. The molecule has 3 unspecified atom stereocenters. The van der Waals surface area contributed by atoms with Crippen molar-refractivity contribution in [1.29, 1.82) is 0 Å². The number of hydrogen-bond donors (Lipinski definition) is 0. The van der Waals surface area contributed by atoms with Crippen LogP contribution in [0.2, 0.25) is 0 Å². The third-order valence-corrected chi connectivity index (χ3v) is 11.9. The topological polar surface area (TPSA) is 55.8 Å². The average Bonchev–Trinajstić information content (AvgIpc) is 3.42. The molecule has 0 spiro atoms. The van der Waals surface area contributed by atoms with Crippen molar-refractivity contribution in [3.8, 4) is 0 Å². The highest BCUT2D eigenvalue weighted by Gasteiger charge is 2.49. The number of rotatable bonds is 32. The van der Waals surface area contributed by atoms with E-state index < -0.39 is 11.8 Å². The first-order chi connectivity index (χ1) is 25.8. The summed E-state index contributed by atoms with van der Waals surface area (Å²) >= 11 is 0. The van der Waals surface area contributed by atoms with Gasteiger partial charge in [-0.15, -0.1) is 0 Å². The van der Waals surface area contributed by atoms with Crippen LogP contribution in [0, 0.1) is 11.8 Å². The highest BCUT2D eigenvalue weighted by Crippen LogP contribution is 2.49. The number of fused-ring (bicyclic) bond motifs is 1. The summed E-state index contributed by atoms with van der Waals surface area (Å²) in [6, 6.07) is 7.10. The lowest BCUT2D eigenvalue weighted by Gasteiger charge is -2.43. The van der Waals surface area contributed by atoms with Crippen LogP contribution in [-0.2, 0) is 9.47 Å². The van der Waals surface area contributed by atoms with Gasteiger partial charge in [-0.2, -0.15) is 0 Å². The molecule has 2 amide bonds. The van der Waals surface area contributed by atoms with E-state index in [1.807, 2.05) is 31.6 Å². The summed E-state index contributed by atoms with van der Waals surface area (Å²) in [6.07, 6.45) is 34.3. The van der Waals surface area contributed by atoms with Gasteiger partial charge in [0.2, 0.25) is 0 Å². The fourth-order valence-electron chi connectivity index (χ4n) is 8.69. The smallest absolute Gasteiger partial charge is 0.262 e. The first-order valence-electron chi connectivity index (χ1n) is 22.4. The molecule has 1 aromatic rings. The van der Waals surface area contributed by atoms with Crippen LogP contribution in [0.15, 0.2) is 47.6 Å². The normalized spacial score (nSPS) is 18.0. The Balaban J connectivity index is 1.38. The molecule has 0 bridgehead atoms. The highest BCUT2D eigenvalue weighted by molar-refractivity contribution is 6.21. The van der Waals surface area contributed by atoms with Crippen LogP contribution < -0.4 is 0 Å². The average molecular weight is 734 g/mol. The lowest BCUT2D eigenvalue weighted by atomic mass is 9.62. The molecule has 0 aromatic heterocycles. The molecule has 5 nitrogen and oxygen atoms in total. The number of ether oxygens (including phenoxy) is 2. The molecule has 53 heavy (non-hydrogen) atoms. The van der Waals surface area contributed by atoms with E-state index in [0.29, 0.717) is 24.3 Å². The van der Waals surface area contributed by atoms with Crippen molar-refractivity contribution in [2.24, 2.45) is 11.8 Å². The maximum Gasteiger partial charge on any atom is 0.262 e. The molecule has 0 N–H and O–H groups in total. The van der Waals surface area contributed by atoms with E-state index >= 15 is 0 Å². The predicted octanol–water partition coefficient (Wildman–Crippen LogP) is 14.0. The molecule has 1 aliphatic heterocycles. The second-order valence-electron chi connectivity index (χ2n) is 16.5. The van der Waals surface area contributed by atoms with E-state index in [1.165, 1.54) is 133 Å². The minimum absolute atomic E-state index is 0.262. The van der Waals surface area contributed by atoms with Gasteiger partial charge in [0.1, 0.15) is 0 Å². The van der Waals surface area contributed by atoms with Gasteiger partial charge in [-0.1, -0.05) is 159 Å². The Morgan fingerprint density at radius 2 is 1.13 bits per heavy atom. The van der Waals surface area contributed by atoms with Crippen molar-refractivity contribution >= 4 is 11.8 Å².